The second-order valence-corrected chi connectivity index (χ2v) is 8.34. The molecule has 2 N–H and O–H groups in total. The van der Waals surface area contributed by atoms with Crippen molar-refractivity contribution in [2.75, 3.05) is 64.8 Å². The third kappa shape index (κ3) is 9.42. The Morgan fingerprint density at radius 3 is 2.36 bits per heavy atom. The minimum Gasteiger partial charge on any atom is -0.356 e. The van der Waals surface area contributed by atoms with Gasteiger partial charge in [0.05, 0.1) is 0 Å². The predicted molar refractivity (Wildman–Crippen MR) is 147 cm³/mol. The maximum Gasteiger partial charge on any atom is 0.225 e. The van der Waals surface area contributed by atoms with Crippen molar-refractivity contribution in [1.82, 2.24) is 30.4 Å². The molecule has 3 rings (SSSR count). The van der Waals surface area contributed by atoms with Crippen molar-refractivity contribution in [3.8, 4) is 0 Å². The summed E-state index contributed by atoms with van der Waals surface area (Å²) in [6, 6.07) is 13.0. The molecule has 0 aliphatic carbocycles. The minimum absolute atomic E-state index is 0. The SMILES string of the molecule is CN=C(NCCC(C)N(C)Cc1ccccc1)NCCN1CCN(c2ncccn2)CC1.I. The number of hydrogen-bond donors (Lipinski definition) is 2. The van der Waals surface area contributed by atoms with Gasteiger partial charge < -0.3 is 15.5 Å². The fourth-order valence-electron chi connectivity index (χ4n) is 3.83. The Labute approximate surface area is 215 Å². The van der Waals surface area contributed by atoms with Crippen LogP contribution in [0, 0.1) is 0 Å². The molecule has 1 aliphatic heterocycles. The van der Waals surface area contributed by atoms with Gasteiger partial charge in [-0.1, -0.05) is 30.3 Å². The highest BCUT2D eigenvalue weighted by Crippen LogP contribution is 2.09. The van der Waals surface area contributed by atoms with E-state index < -0.39 is 0 Å². The van der Waals surface area contributed by atoms with Crippen LogP contribution in [0.25, 0.3) is 0 Å². The molecule has 1 atom stereocenters. The summed E-state index contributed by atoms with van der Waals surface area (Å²) in [5.41, 5.74) is 1.35. The molecule has 0 saturated carbocycles. The number of rotatable bonds is 10. The Morgan fingerprint density at radius 1 is 1.03 bits per heavy atom. The fraction of sp³-hybridized carbons (Fsp3) is 0.542. The highest BCUT2D eigenvalue weighted by molar-refractivity contribution is 14.0. The molecule has 0 spiro atoms. The van der Waals surface area contributed by atoms with E-state index >= 15 is 0 Å². The number of piperazine rings is 1. The molecule has 0 amide bonds. The largest absolute Gasteiger partial charge is 0.356 e. The van der Waals surface area contributed by atoms with E-state index in [-0.39, 0.29) is 24.0 Å². The summed E-state index contributed by atoms with van der Waals surface area (Å²) < 4.78 is 0. The maximum absolute atomic E-state index is 4.37. The average molecular weight is 567 g/mol. The van der Waals surface area contributed by atoms with Crippen LogP contribution in [-0.4, -0.2) is 91.7 Å². The molecule has 1 unspecified atom stereocenters. The summed E-state index contributed by atoms with van der Waals surface area (Å²) in [4.78, 5) is 20.2. The van der Waals surface area contributed by atoms with Gasteiger partial charge in [-0.15, -0.1) is 24.0 Å². The number of anilines is 1. The molecule has 9 heteroatoms. The molecule has 0 bridgehead atoms. The van der Waals surface area contributed by atoms with E-state index in [0.717, 1.165) is 70.7 Å². The van der Waals surface area contributed by atoms with Crippen molar-refractivity contribution in [3.63, 3.8) is 0 Å². The minimum atomic E-state index is 0. The van der Waals surface area contributed by atoms with Gasteiger partial charge in [0.25, 0.3) is 0 Å². The first-order valence-electron chi connectivity index (χ1n) is 11.6. The summed E-state index contributed by atoms with van der Waals surface area (Å²) >= 11 is 0. The van der Waals surface area contributed by atoms with Crippen molar-refractivity contribution in [1.29, 1.82) is 0 Å². The van der Waals surface area contributed by atoms with Gasteiger partial charge in [0.2, 0.25) is 5.95 Å². The van der Waals surface area contributed by atoms with Crippen LogP contribution in [0.1, 0.15) is 18.9 Å². The molecule has 1 aromatic heterocycles. The molecule has 1 fully saturated rings. The van der Waals surface area contributed by atoms with E-state index in [4.69, 9.17) is 0 Å². The zero-order chi connectivity index (χ0) is 22.6. The van der Waals surface area contributed by atoms with Crippen LogP contribution in [-0.2, 0) is 6.54 Å². The lowest BCUT2D eigenvalue weighted by molar-refractivity contribution is 0.238. The van der Waals surface area contributed by atoms with Gasteiger partial charge in [-0.25, -0.2) is 9.97 Å². The van der Waals surface area contributed by atoms with Crippen LogP contribution < -0.4 is 15.5 Å². The molecule has 8 nitrogen and oxygen atoms in total. The Bertz CT molecular complexity index is 797. The van der Waals surface area contributed by atoms with Crippen molar-refractivity contribution in [3.05, 3.63) is 54.4 Å². The number of halogens is 1. The van der Waals surface area contributed by atoms with E-state index in [2.05, 4.69) is 84.6 Å². The van der Waals surface area contributed by atoms with Gasteiger partial charge in [0.15, 0.2) is 5.96 Å². The summed E-state index contributed by atoms with van der Waals surface area (Å²) in [6.45, 7) is 10.0. The van der Waals surface area contributed by atoms with E-state index in [9.17, 15) is 0 Å². The number of aromatic nitrogens is 2. The third-order valence-electron chi connectivity index (χ3n) is 6.03. The van der Waals surface area contributed by atoms with Crippen molar-refractivity contribution in [2.45, 2.75) is 25.9 Å². The number of benzene rings is 1. The Morgan fingerprint density at radius 2 is 1.70 bits per heavy atom. The lowest BCUT2D eigenvalue weighted by Gasteiger charge is -2.34. The second kappa shape index (κ2) is 15.0. The summed E-state index contributed by atoms with van der Waals surface area (Å²) in [5, 5.41) is 6.90. The van der Waals surface area contributed by atoms with Crippen molar-refractivity contribution >= 4 is 35.9 Å². The molecule has 1 aliphatic rings. The molecule has 182 valence electrons. The van der Waals surface area contributed by atoms with Gasteiger partial charge in [-0.05, 0) is 32.0 Å². The summed E-state index contributed by atoms with van der Waals surface area (Å²) in [7, 11) is 4.02. The van der Waals surface area contributed by atoms with E-state index in [1.807, 2.05) is 13.1 Å². The van der Waals surface area contributed by atoms with Gasteiger partial charge in [0, 0.05) is 77.8 Å². The highest BCUT2D eigenvalue weighted by Gasteiger charge is 2.18. The molecule has 33 heavy (non-hydrogen) atoms. The van der Waals surface area contributed by atoms with Gasteiger partial charge >= 0.3 is 0 Å². The smallest absolute Gasteiger partial charge is 0.225 e. The molecule has 2 aromatic rings. The zero-order valence-electron chi connectivity index (χ0n) is 20.2. The van der Waals surface area contributed by atoms with Gasteiger partial charge in [-0.2, -0.15) is 0 Å². The van der Waals surface area contributed by atoms with Crippen LogP contribution in [0.3, 0.4) is 0 Å². The van der Waals surface area contributed by atoms with Crippen LogP contribution in [0.2, 0.25) is 0 Å². The highest BCUT2D eigenvalue weighted by atomic mass is 127. The summed E-state index contributed by atoms with van der Waals surface area (Å²) in [5.74, 6) is 1.71. The van der Waals surface area contributed by atoms with Crippen LogP contribution in [0.15, 0.2) is 53.8 Å². The molecule has 1 saturated heterocycles. The van der Waals surface area contributed by atoms with Gasteiger partial charge in [-0.3, -0.25) is 14.8 Å². The third-order valence-corrected chi connectivity index (χ3v) is 6.03. The number of nitrogens with one attached hydrogen (secondary N) is 2. The van der Waals surface area contributed by atoms with Gasteiger partial charge in [0.1, 0.15) is 0 Å². The Hall–Kier alpha value is -1.98. The number of nitrogens with zero attached hydrogens (tertiary/aromatic N) is 6. The first kappa shape index (κ1) is 27.3. The first-order valence-corrected chi connectivity index (χ1v) is 11.6. The predicted octanol–water partition coefficient (Wildman–Crippen LogP) is 2.29. The molecular weight excluding hydrogens is 527 g/mol. The normalized spacial score (nSPS) is 15.8. The molecule has 1 aromatic carbocycles. The van der Waals surface area contributed by atoms with Crippen LogP contribution >= 0.6 is 24.0 Å². The monoisotopic (exact) mass is 566 g/mol. The summed E-state index contributed by atoms with van der Waals surface area (Å²) in [6.07, 6.45) is 4.67. The van der Waals surface area contributed by atoms with Crippen molar-refractivity contribution < 1.29 is 0 Å². The van der Waals surface area contributed by atoms with E-state index in [1.54, 1.807) is 12.4 Å². The number of hydrogen-bond acceptors (Lipinski definition) is 6. The number of aliphatic imine (C=N–C) groups is 1. The molecule has 0 radical (unpaired) electrons. The van der Waals surface area contributed by atoms with E-state index in [0.29, 0.717) is 6.04 Å². The zero-order valence-corrected chi connectivity index (χ0v) is 22.5. The lowest BCUT2D eigenvalue weighted by atomic mass is 10.1. The van der Waals surface area contributed by atoms with E-state index in [1.165, 1.54) is 5.56 Å². The molecular formula is C24H39IN8. The quantitative estimate of drug-likeness (QED) is 0.260. The molecule has 2 heterocycles. The Kier molecular flexibility index (Phi) is 12.4. The fourth-order valence-corrected chi connectivity index (χ4v) is 3.83. The van der Waals surface area contributed by atoms with Crippen LogP contribution in [0.4, 0.5) is 5.95 Å². The standard InChI is InChI=1S/C24H38N8.HI/c1-21(30(3)20-22-8-5-4-6-9-22)10-13-26-23(25-2)27-14-15-31-16-18-32(19-17-31)24-28-11-7-12-29-24;/h4-9,11-12,21H,10,13-20H2,1-3H3,(H2,25,26,27);1H. The topological polar surface area (TPSA) is 71.9 Å². The second-order valence-electron chi connectivity index (χ2n) is 8.34. The Balaban J connectivity index is 0.00000385. The maximum atomic E-state index is 4.37. The van der Waals surface area contributed by atoms with Crippen molar-refractivity contribution in [2.24, 2.45) is 4.99 Å². The average Bonchev–Trinajstić information content (AvgIpc) is 2.84. The lowest BCUT2D eigenvalue weighted by Crippen LogP contribution is -2.49. The number of guanidine groups is 1. The first-order chi connectivity index (χ1) is 15.7. The van der Waals surface area contributed by atoms with Crippen LogP contribution in [0.5, 0.6) is 0 Å².